The number of amides is 1. The quantitative estimate of drug-likeness (QED) is 0.547. The monoisotopic (exact) mass is 515 g/mol. The number of nitrogens with zero attached hydrogens (tertiary/aromatic N) is 2. The second kappa shape index (κ2) is 11.7. The Morgan fingerprint density at radius 3 is 2.72 bits per heavy atom. The van der Waals surface area contributed by atoms with Crippen molar-refractivity contribution >= 4 is 23.2 Å². The average Bonchev–Trinajstić information content (AvgIpc) is 2.88. The summed E-state index contributed by atoms with van der Waals surface area (Å²) in [7, 11) is 1.66. The molecule has 0 aliphatic carbocycles. The third kappa shape index (κ3) is 5.90. The first-order valence-electron chi connectivity index (χ1n) is 12.8. The highest BCUT2D eigenvalue weighted by atomic mass is 35.5. The van der Waals surface area contributed by atoms with Crippen LogP contribution < -0.4 is 19.7 Å². The number of aliphatic hydroxyl groups excluding tert-OH is 1. The number of aliphatic hydroxyl groups is 1. The van der Waals surface area contributed by atoms with Crippen LogP contribution in [0.3, 0.4) is 0 Å². The number of nitrogens with one attached hydrogen (secondary N) is 1. The first kappa shape index (κ1) is 26.6. The molecule has 2 aliphatic heterocycles. The smallest absolute Gasteiger partial charge is 0.216 e. The van der Waals surface area contributed by atoms with Gasteiger partial charge in [-0.2, -0.15) is 0 Å². The molecule has 2 N–H and O–H groups in total. The summed E-state index contributed by atoms with van der Waals surface area (Å²) in [5.41, 5.74) is 4.88. The van der Waals surface area contributed by atoms with E-state index in [9.17, 15) is 9.90 Å². The van der Waals surface area contributed by atoms with Crippen molar-refractivity contribution in [3.8, 4) is 11.5 Å². The van der Waals surface area contributed by atoms with E-state index in [2.05, 4.69) is 41.1 Å². The van der Waals surface area contributed by atoms with Gasteiger partial charge in [0.05, 0.1) is 12.1 Å². The zero-order valence-electron chi connectivity index (χ0n) is 21.7. The zero-order chi connectivity index (χ0) is 25.8. The van der Waals surface area contributed by atoms with Crippen LogP contribution in [-0.4, -0.2) is 68.0 Å². The maximum Gasteiger partial charge on any atom is 0.216 e. The van der Waals surface area contributed by atoms with Gasteiger partial charge < -0.3 is 24.8 Å². The van der Waals surface area contributed by atoms with E-state index < -0.39 is 6.10 Å². The van der Waals surface area contributed by atoms with Gasteiger partial charge in [0, 0.05) is 56.9 Å². The van der Waals surface area contributed by atoms with Gasteiger partial charge in [-0.05, 0) is 68.0 Å². The van der Waals surface area contributed by atoms with Crippen molar-refractivity contribution in [2.45, 2.75) is 58.2 Å². The van der Waals surface area contributed by atoms with Crippen LogP contribution in [0.5, 0.6) is 11.5 Å². The minimum absolute atomic E-state index is 0.142. The molecule has 8 heteroatoms. The second-order valence-electron chi connectivity index (χ2n) is 9.91. The Morgan fingerprint density at radius 2 is 1.97 bits per heavy atom. The van der Waals surface area contributed by atoms with E-state index in [4.69, 9.17) is 21.1 Å². The molecule has 196 valence electrons. The molecule has 2 heterocycles. The molecule has 3 atom stereocenters. The van der Waals surface area contributed by atoms with E-state index in [0.717, 1.165) is 43.1 Å². The van der Waals surface area contributed by atoms with E-state index in [1.807, 2.05) is 18.2 Å². The Balaban J connectivity index is 1.44. The number of anilines is 1. The van der Waals surface area contributed by atoms with Crippen molar-refractivity contribution in [3.05, 3.63) is 52.0 Å². The van der Waals surface area contributed by atoms with Crippen LogP contribution >= 0.6 is 11.6 Å². The molecule has 2 saturated heterocycles. The molecule has 0 spiro atoms. The lowest BCUT2D eigenvalue weighted by atomic mass is 9.86. The molecule has 0 saturated carbocycles. The summed E-state index contributed by atoms with van der Waals surface area (Å²) in [5.74, 6) is 1.34. The number of carbonyl (C=O) groups excluding carboxylic acids is 1. The molecule has 0 radical (unpaired) electrons. The molecule has 2 aromatic carbocycles. The van der Waals surface area contributed by atoms with E-state index in [1.165, 1.54) is 30.9 Å². The molecule has 1 amide bonds. The lowest BCUT2D eigenvalue weighted by molar-refractivity contribution is -0.119. The Bertz CT molecular complexity index is 1080. The number of carbonyl (C=O) groups is 1. The Kier molecular flexibility index (Phi) is 8.65. The largest absolute Gasteiger partial charge is 0.495 e. The van der Waals surface area contributed by atoms with Gasteiger partial charge in [-0.25, -0.2) is 0 Å². The normalized spacial score (nSPS) is 21.0. The summed E-state index contributed by atoms with van der Waals surface area (Å²) < 4.78 is 11.3. The van der Waals surface area contributed by atoms with E-state index >= 15 is 0 Å². The molecule has 2 fully saturated rings. The maximum absolute atomic E-state index is 11.1. The van der Waals surface area contributed by atoms with E-state index in [1.54, 1.807) is 7.11 Å². The summed E-state index contributed by atoms with van der Waals surface area (Å²) in [5, 5.41) is 13.3. The van der Waals surface area contributed by atoms with Crippen LogP contribution in [0, 0.1) is 13.8 Å². The first-order chi connectivity index (χ1) is 17.3. The number of methoxy groups -OCH3 is 1. The van der Waals surface area contributed by atoms with Crippen LogP contribution in [-0.2, 0) is 4.79 Å². The number of hydrogen-bond donors (Lipinski definition) is 2. The third-order valence-corrected chi connectivity index (χ3v) is 7.91. The summed E-state index contributed by atoms with van der Waals surface area (Å²) >= 11 is 6.24. The topological polar surface area (TPSA) is 74.3 Å². The second-order valence-corrected chi connectivity index (χ2v) is 10.3. The summed E-state index contributed by atoms with van der Waals surface area (Å²) in [6.45, 7) is 8.98. The Hall–Kier alpha value is -2.48. The predicted molar refractivity (Wildman–Crippen MR) is 143 cm³/mol. The highest BCUT2D eigenvalue weighted by Gasteiger charge is 2.36. The number of benzene rings is 2. The standard InChI is InChI=1S/C28H38ClN3O4/c1-18-19(2)27(36-17-23(34)15-30-20(3)33)11-9-24(18)26-7-5-6-22-16-31(12-13-32(22)26)21-8-10-25(29)28(14-21)35-4/h8-11,14,22-23,26,34H,5-7,12-13,15-17H2,1-4H3,(H,30,33)/t22-,23+,26+/m0/s1. The minimum Gasteiger partial charge on any atom is -0.495 e. The summed E-state index contributed by atoms with van der Waals surface area (Å²) in [4.78, 5) is 16.2. The first-order valence-corrected chi connectivity index (χ1v) is 13.2. The Morgan fingerprint density at radius 1 is 1.17 bits per heavy atom. The molecule has 7 nitrogen and oxygen atoms in total. The number of piperazine rings is 1. The maximum atomic E-state index is 11.1. The molecule has 0 aromatic heterocycles. The SMILES string of the molecule is COc1cc(N2CCN3[C@@H](CCC[C@@H]3c3ccc(OC[C@H](O)CNC(C)=O)c(C)c3C)C2)ccc1Cl. The number of ether oxygens (including phenoxy) is 2. The van der Waals surface area contributed by atoms with Gasteiger partial charge in [0.15, 0.2) is 0 Å². The highest BCUT2D eigenvalue weighted by molar-refractivity contribution is 6.32. The molecular formula is C28H38ClN3O4. The number of halogens is 1. The number of rotatable bonds is 8. The fourth-order valence-corrected chi connectivity index (χ4v) is 5.70. The van der Waals surface area contributed by atoms with Crippen LogP contribution in [0.1, 0.15) is 48.9 Å². The molecule has 0 unspecified atom stereocenters. The van der Waals surface area contributed by atoms with Gasteiger partial charge >= 0.3 is 0 Å². The van der Waals surface area contributed by atoms with E-state index in [0.29, 0.717) is 22.9 Å². The van der Waals surface area contributed by atoms with Crippen molar-refractivity contribution in [1.82, 2.24) is 10.2 Å². The highest BCUT2D eigenvalue weighted by Crippen LogP contribution is 2.40. The predicted octanol–water partition coefficient (Wildman–Crippen LogP) is 4.26. The number of hydrogen-bond acceptors (Lipinski definition) is 6. The van der Waals surface area contributed by atoms with Crippen molar-refractivity contribution in [2.24, 2.45) is 0 Å². The minimum atomic E-state index is -0.746. The van der Waals surface area contributed by atoms with Gasteiger partial charge in [-0.15, -0.1) is 0 Å². The molecule has 0 bridgehead atoms. The molecular weight excluding hydrogens is 478 g/mol. The van der Waals surface area contributed by atoms with Crippen LogP contribution in [0.25, 0.3) is 0 Å². The van der Waals surface area contributed by atoms with Crippen molar-refractivity contribution in [1.29, 1.82) is 0 Å². The summed E-state index contributed by atoms with van der Waals surface area (Å²) in [6, 6.07) is 11.2. The van der Waals surface area contributed by atoms with Gasteiger partial charge in [0.2, 0.25) is 5.91 Å². The molecule has 4 rings (SSSR count). The lowest BCUT2D eigenvalue weighted by Gasteiger charge is -2.49. The fourth-order valence-electron chi connectivity index (χ4n) is 5.50. The lowest BCUT2D eigenvalue weighted by Crippen LogP contribution is -2.56. The van der Waals surface area contributed by atoms with Crippen LogP contribution in [0.15, 0.2) is 30.3 Å². The van der Waals surface area contributed by atoms with Crippen LogP contribution in [0.2, 0.25) is 5.02 Å². The zero-order valence-corrected chi connectivity index (χ0v) is 22.5. The average molecular weight is 516 g/mol. The van der Waals surface area contributed by atoms with Crippen molar-refractivity contribution in [2.75, 3.05) is 44.8 Å². The molecule has 2 aromatic rings. The molecule has 2 aliphatic rings. The van der Waals surface area contributed by atoms with E-state index in [-0.39, 0.29) is 19.1 Å². The van der Waals surface area contributed by atoms with Crippen molar-refractivity contribution < 1.29 is 19.4 Å². The van der Waals surface area contributed by atoms with Gasteiger partial charge in [-0.1, -0.05) is 17.7 Å². The Labute approximate surface area is 219 Å². The van der Waals surface area contributed by atoms with Gasteiger partial charge in [-0.3, -0.25) is 9.69 Å². The third-order valence-electron chi connectivity index (χ3n) is 7.60. The number of piperidine rings is 1. The molecule has 36 heavy (non-hydrogen) atoms. The summed E-state index contributed by atoms with van der Waals surface area (Å²) in [6.07, 6.45) is 2.81. The van der Waals surface area contributed by atoms with Crippen LogP contribution in [0.4, 0.5) is 5.69 Å². The van der Waals surface area contributed by atoms with Gasteiger partial charge in [0.1, 0.15) is 24.2 Å². The van der Waals surface area contributed by atoms with Crippen molar-refractivity contribution in [3.63, 3.8) is 0 Å². The number of fused-ring (bicyclic) bond motifs is 1. The fraction of sp³-hybridized carbons (Fsp3) is 0.536. The van der Waals surface area contributed by atoms with Gasteiger partial charge in [0.25, 0.3) is 0 Å².